The summed E-state index contributed by atoms with van der Waals surface area (Å²) in [6.07, 6.45) is 8.62. The molecular formula is C18H15N5Pt. The molecule has 24 heavy (non-hydrogen) atoms. The van der Waals surface area contributed by atoms with Crippen LogP contribution in [0.15, 0.2) is 85.7 Å². The molecular weight excluding hydrogens is 481 g/mol. The van der Waals surface area contributed by atoms with Crippen molar-refractivity contribution in [1.82, 2.24) is 24.9 Å². The number of rotatable bonds is 2. The van der Waals surface area contributed by atoms with Crippen molar-refractivity contribution in [3.63, 3.8) is 0 Å². The van der Waals surface area contributed by atoms with Gasteiger partial charge in [0.05, 0.1) is 29.1 Å². The van der Waals surface area contributed by atoms with Crippen LogP contribution in [0, 0.1) is 0 Å². The van der Waals surface area contributed by atoms with Crippen LogP contribution in [0.25, 0.3) is 22.8 Å². The number of pyridine rings is 3. The van der Waals surface area contributed by atoms with Gasteiger partial charge in [-0.2, -0.15) is 0 Å². The van der Waals surface area contributed by atoms with Crippen LogP contribution >= 0.6 is 0 Å². The zero-order valence-corrected chi connectivity index (χ0v) is 15.0. The minimum absolute atomic E-state index is 0. The summed E-state index contributed by atoms with van der Waals surface area (Å²) in [5.74, 6) is 0. The van der Waals surface area contributed by atoms with E-state index in [0.717, 1.165) is 22.8 Å². The first kappa shape index (κ1) is 17.7. The Morgan fingerprint density at radius 3 is 1.58 bits per heavy atom. The minimum Gasteiger partial charge on any atom is -0.351 e. The van der Waals surface area contributed by atoms with Gasteiger partial charge < -0.3 is 4.98 Å². The fraction of sp³-hybridized carbons (Fsp3) is 0. The van der Waals surface area contributed by atoms with E-state index in [1.165, 1.54) is 0 Å². The topological polar surface area (TPSA) is 67.3 Å². The van der Waals surface area contributed by atoms with Crippen LogP contribution in [0.3, 0.4) is 0 Å². The van der Waals surface area contributed by atoms with Gasteiger partial charge in [-0.05, 0) is 36.4 Å². The van der Waals surface area contributed by atoms with Crippen LogP contribution < -0.4 is 0 Å². The Bertz CT molecular complexity index is 748. The number of aromatic amines is 1. The summed E-state index contributed by atoms with van der Waals surface area (Å²) in [7, 11) is 0. The average molecular weight is 496 g/mol. The van der Waals surface area contributed by atoms with Gasteiger partial charge in [-0.25, -0.2) is 9.97 Å². The van der Waals surface area contributed by atoms with Gasteiger partial charge in [-0.15, -0.1) is 0 Å². The monoisotopic (exact) mass is 496 g/mol. The maximum atomic E-state index is 4.59. The summed E-state index contributed by atoms with van der Waals surface area (Å²) in [4.78, 5) is 19.6. The normalized spacial score (nSPS) is 9.33. The summed E-state index contributed by atoms with van der Waals surface area (Å²) in [6.45, 7) is 0. The van der Waals surface area contributed by atoms with Gasteiger partial charge in [-0.1, -0.05) is 18.2 Å². The molecule has 0 bridgehead atoms. The number of imidazole rings is 1. The second-order valence-electron chi connectivity index (χ2n) is 4.60. The van der Waals surface area contributed by atoms with Crippen LogP contribution in [0.4, 0.5) is 0 Å². The molecule has 0 spiro atoms. The standard InChI is InChI=1S/C15H11N3.C3H4N2.Pt/c1-3-10-16-12(6-1)14-8-5-9-15(18-14)13-7-2-4-11-17-13;1-2-5-3-4-1;/h1-11H;1-3H,(H,4,5);. The summed E-state index contributed by atoms with van der Waals surface area (Å²) in [5.41, 5.74) is 3.46. The average Bonchev–Trinajstić information content (AvgIpc) is 3.23. The Balaban J connectivity index is 0.000000300. The quantitative estimate of drug-likeness (QED) is 0.461. The van der Waals surface area contributed by atoms with Crippen molar-refractivity contribution < 1.29 is 21.1 Å². The van der Waals surface area contributed by atoms with E-state index in [9.17, 15) is 0 Å². The SMILES string of the molecule is [Pt].c1c[nH]cn1.c1ccc(-c2cccc(-c3ccccn3)n2)nc1. The maximum absolute atomic E-state index is 4.59. The predicted molar refractivity (Wildman–Crippen MR) is 89.3 cm³/mol. The van der Waals surface area contributed by atoms with Crippen molar-refractivity contribution in [3.05, 3.63) is 85.7 Å². The van der Waals surface area contributed by atoms with Gasteiger partial charge in [0, 0.05) is 45.9 Å². The van der Waals surface area contributed by atoms with Crippen molar-refractivity contribution >= 4 is 0 Å². The fourth-order valence-electron chi connectivity index (χ4n) is 1.96. The van der Waals surface area contributed by atoms with Crippen LogP contribution in [-0.2, 0) is 21.1 Å². The Kier molecular flexibility index (Phi) is 6.99. The van der Waals surface area contributed by atoms with Gasteiger partial charge in [0.2, 0.25) is 0 Å². The van der Waals surface area contributed by atoms with E-state index >= 15 is 0 Å². The van der Waals surface area contributed by atoms with Crippen molar-refractivity contribution in [2.75, 3.05) is 0 Å². The fourth-order valence-corrected chi connectivity index (χ4v) is 1.96. The Morgan fingerprint density at radius 1 is 0.625 bits per heavy atom. The second-order valence-corrected chi connectivity index (χ2v) is 4.60. The Morgan fingerprint density at radius 2 is 1.21 bits per heavy atom. The first-order chi connectivity index (χ1) is 11.4. The molecule has 4 rings (SSSR count). The van der Waals surface area contributed by atoms with Crippen molar-refractivity contribution in [1.29, 1.82) is 0 Å². The Hall–Kier alpha value is -2.65. The number of H-pyrrole nitrogens is 1. The molecule has 0 atom stereocenters. The molecule has 0 aliphatic carbocycles. The van der Waals surface area contributed by atoms with Crippen LogP contribution in [0.5, 0.6) is 0 Å². The summed E-state index contributed by atoms with van der Waals surface area (Å²) >= 11 is 0. The zero-order valence-electron chi connectivity index (χ0n) is 12.7. The smallest absolute Gasteiger partial charge is 0.0919 e. The molecule has 0 aliphatic heterocycles. The molecule has 5 nitrogen and oxygen atoms in total. The molecule has 0 radical (unpaired) electrons. The molecule has 4 aromatic rings. The van der Waals surface area contributed by atoms with Crippen molar-refractivity contribution in [3.8, 4) is 22.8 Å². The number of aromatic nitrogens is 5. The molecule has 6 heteroatoms. The van der Waals surface area contributed by atoms with E-state index in [4.69, 9.17) is 0 Å². The first-order valence-corrected chi connectivity index (χ1v) is 7.16. The van der Waals surface area contributed by atoms with Crippen molar-refractivity contribution in [2.24, 2.45) is 0 Å². The molecule has 0 unspecified atom stereocenters. The van der Waals surface area contributed by atoms with E-state index in [1.54, 1.807) is 31.1 Å². The van der Waals surface area contributed by atoms with Gasteiger partial charge in [-0.3, -0.25) is 9.97 Å². The van der Waals surface area contributed by atoms with Crippen molar-refractivity contribution in [2.45, 2.75) is 0 Å². The predicted octanol–water partition coefficient (Wildman–Crippen LogP) is 3.61. The van der Waals surface area contributed by atoms with Gasteiger partial charge in [0.25, 0.3) is 0 Å². The zero-order chi connectivity index (χ0) is 15.7. The third-order valence-electron chi connectivity index (χ3n) is 3.01. The van der Waals surface area contributed by atoms with Crippen LogP contribution in [0.1, 0.15) is 0 Å². The van der Waals surface area contributed by atoms with E-state index in [0.29, 0.717) is 0 Å². The van der Waals surface area contributed by atoms with E-state index in [2.05, 4.69) is 24.9 Å². The molecule has 0 aromatic carbocycles. The molecule has 0 saturated heterocycles. The van der Waals surface area contributed by atoms with Gasteiger partial charge >= 0.3 is 0 Å². The molecule has 1 N–H and O–H groups in total. The van der Waals surface area contributed by atoms with E-state index in [-0.39, 0.29) is 21.1 Å². The molecule has 0 fully saturated rings. The maximum Gasteiger partial charge on any atom is 0.0919 e. The van der Waals surface area contributed by atoms with Crippen LogP contribution in [0.2, 0.25) is 0 Å². The van der Waals surface area contributed by atoms with E-state index < -0.39 is 0 Å². The van der Waals surface area contributed by atoms with Gasteiger partial charge in [0.15, 0.2) is 0 Å². The minimum atomic E-state index is 0. The summed E-state index contributed by atoms with van der Waals surface area (Å²) in [6, 6.07) is 17.5. The molecule has 4 aromatic heterocycles. The van der Waals surface area contributed by atoms with Crippen LogP contribution in [-0.4, -0.2) is 24.9 Å². The Labute approximate surface area is 154 Å². The molecule has 4 heterocycles. The summed E-state index contributed by atoms with van der Waals surface area (Å²) < 4.78 is 0. The summed E-state index contributed by atoms with van der Waals surface area (Å²) in [5, 5.41) is 0. The largest absolute Gasteiger partial charge is 0.351 e. The number of nitrogens with zero attached hydrogens (tertiary/aromatic N) is 4. The third-order valence-corrected chi connectivity index (χ3v) is 3.01. The molecule has 0 saturated carbocycles. The number of hydrogen-bond donors (Lipinski definition) is 1. The second kappa shape index (κ2) is 9.48. The number of nitrogens with one attached hydrogen (secondary N) is 1. The number of hydrogen-bond acceptors (Lipinski definition) is 4. The molecule has 0 aliphatic rings. The van der Waals surface area contributed by atoms with E-state index in [1.807, 2.05) is 54.6 Å². The van der Waals surface area contributed by atoms with Gasteiger partial charge in [0.1, 0.15) is 0 Å². The molecule has 122 valence electrons. The molecule has 0 amide bonds. The third kappa shape index (κ3) is 4.93. The first-order valence-electron chi connectivity index (χ1n) is 7.16.